The summed E-state index contributed by atoms with van der Waals surface area (Å²) >= 11 is 0. The van der Waals surface area contributed by atoms with E-state index in [0.29, 0.717) is 5.56 Å². The zero-order chi connectivity index (χ0) is 11.9. The Bertz CT molecular complexity index is 559. The molecule has 2 aromatic rings. The summed E-state index contributed by atoms with van der Waals surface area (Å²) in [5, 5.41) is 0. The largest absolute Gasteiger partial charge is 0.372 e. The third kappa shape index (κ3) is 3.11. The van der Waals surface area contributed by atoms with Crippen molar-refractivity contribution in [2.75, 3.05) is 0 Å². The van der Waals surface area contributed by atoms with Crippen LogP contribution in [0.1, 0.15) is 16.1 Å². The standard InChI is InChI=1S/C12H7N3O2/c16-12(11-9-14-5-6-15-11)17-7-3-10-2-1-4-13-8-10/h1-2,4-6,8-9H. The van der Waals surface area contributed by atoms with Gasteiger partial charge in [-0.05, 0) is 18.1 Å². The van der Waals surface area contributed by atoms with Gasteiger partial charge in [-0.25, -0.2) is 9.78 Å². The van der Waals surface area contributed by atoms with Gasteiger partial charge >= 0.3 is 5.97 Å². The highest BCUT2D eigenvalue weighted by atomic mass is 16.5. The quantitative estimate of drug-likeness (QED) is 0.536. The zero-order valence-electron chi connectivity index (χ0n) is 8.70. The van der Waals surface area contributed by atoms with Crippen LogP contribution in [0.5, 0.6) is 0 Å². The van der Waals surface area contributed by atoms with Crippen molar-refractivity contribution >= 4 is 5.97 Å². The summed E-state index contributed by atoms with van der Waals surface area (Å²) in [6.45, 7) is 0. The Kier molecular flexibility index (Phi) is 3.40. The van der Waals surface area contributed by atoms with E-state index in [1.54, 1.807) is 24.5 Å². The number of hydrogen-bond donors (Lipinski definition) is 0. The SMILES string of the molecule is O=C(OC#Cc1cccnc1)c1cnccn1. The molecule has 0 N–H and O–H groups in total. The number of hydrogen-bond acceptors (Lipinski definition) is 5. The molecule has 5 nitrogen and oxygen atoms in total. The molecule has 0 atom stereocenters. The topological polar surface area (TPSA) is 65.0 Å². The van der Waals surface area contributed by atoms with E-state index in [4.69, 9.17) is 4.74 Å². The summed E-state index contributed by atoms with van der Waals surface area (Å²) in [7, 11) is 0. The minimum Gasteiger partial charge on any atom is -0.367 e. The first kappa shape index (κ1) is 10.8. The maximum atomic E-state index is 11.4. The summed E-state index contributed by atoms with van der Waals surface area (Å²) in [6, 6.07) is 3.50. The highest BCUT2D eigenvalue weighted by Gasteiger charge is 2.06. The first-order chi connectivity index (χ1) is 8.36. The average molecular weight is 225 g/mol. The molecule has 2 aromatic heterocycles. The third-order valence-corrected chi connectivity index (χ3v) is 1.77. The van der Waals surface area contributed by atoms with Gasteiger partial charge in [-0.3, -0.25) is 9.97 Å². The molecule has 0 aliphatic heterocycles. The molecule has 0 amide bonds. The average Bonchev–Trinajstić information content (AvgIpc) is 2.41. The predicted molar refractivity (Wildman–Crippen MR) is 58.6 cm³/mol. The second-order valence-corrected chi connectivity index (χ2v) is 2.95. The summed E-state index contributed by atoms with van der Waals surface area (Å²) in [5.74, 6) is 2.01. The number of ether oxygens (including phenoxy) is 1. The molecule has 17 heavy (non-hydrogen) atoms. The monoisotopic (exact) mass is 225 g/mol. The van der Waals surface area contributed by atoms with Crippen molar-refractivity contribution in [2.45, 2.75) is 0 Å². The molecule has 0 saturated heterocycles. The molecule has 0 bridgehead atoms. The molecule has 2 heterocycles. The number of rotatable bonds is 1. The van der Waals surface area contributed by atoms with Gasteiger partial charge in [0.15, 0.2) is 5.69 Å². The van der Waals surface area contributed by atoms with Crippen molar-refractivity contribution in [2.24, 2.45) is 0 Å². The Morgan fingerprint density at radius 1 is 1.18 bits per heavy atom. The first-order valence-corrected chi connectivity index (χ1v) is 4.74. The van der Waals surface area contributed by atoms with Crippen LogP contribution in [-0.2, 0) is 4.74 Å². The Morgan fingerprint density at radius 3 is 2.76 bits per heavy atom. The van der Waals surface area contributed by atoms with Crippen molar-refractivity contribution in [3.05, 3.63) is 54.4 Å². The molecule has 0 aliphatic rings. The lowest BCUT2D eigenvalue weighted by Gasteiger charge is -1.93. The molecular formula is C12H7N3O2. The first-order valence-electron chi connectivity index (χ1n) is 4.74. The maximum Gasteiger partial charge on any atom is 0.372 e. The molecule has 0 radical (unpaired) electrons. The molecule has 0 spiro atoms. The fraction of sp³-hybridized carbons (Fsp3) is 0. The number of carbonyl (C=O) groups is 1. The fourth-order valence-electron chi connectivity index (χ4n) is 1.02. The van der Waals surface area contributed by atoms with Gasteiger partial charge in [0.2, 0.25) is 0 Å². The number of esters is 1. The van der Waals surface area contributed by atoms with Gasteiger partial charge in [0, 0.05) is 30.4 Å². The van der Waals surface area contributed by atoms with Gasteiger partial charge < -0.3 is 4.74 Å². The summed E-state index contributed by atoms with van der Waals surface area (Å²) in [4.78, 5) is 22.8. The van der Waals surface area contributed by atoms with Crippen molar-refractivity contribution in [1.29, 1.82) is 0 Å². The van der Waals surface area contributed by atoms with E-state index in [-0.39, 0.29) is 5.69 Å². The zero-order valence-corrected chi connectivity index (χ0v) is 8.70. The molecule has 0 saturated carbocycles. The van der Waals surface area contributed by atoms with E-state index in [2.05, 4.69) is 27.0 Å². The van der Waals surface area contributed by atoms with Crippen LogP contribution in [0.25, 0.3) is 0 Å². The lowest BCUT2D eigenvalue weighted by Crippen LogP contribution is -2.03. The Hall–Kier alpha value is -2.74. The van der Waals surface area contributed by atoms with E-state index in [1.165, 1.54) is 18.6 Å². The summed E-state index contributed by atoms with van der Waals surface area (Å²) < 4.78 is 4.70. The van der Waals surface area contributed by atoms with Gasteiger partial charge in [0.25, 0.3) is 0 Å². The molecule has 0 unspecified atom stereocenters. The van der Waals surface area contributed by atoms with Crippen molar-refractivity contribution < 1.29 is 9.53 Å². The van der Waals surface area contributed by atoms with Gasteiger partial charge in [0.1, 0.15) is 6.11 Å². The highest BCUT2D eigenvalue weighted by Crippen LogP contribution is 1.95. The van der Waals surface area contributed by atoms with Crippen LogP contribution in [0.3, 0.4) is 0 Å². The van der Waals surface area contributed by atoms with Crippen LogP contribution in [0.15, 0.2) is 43.1 Å². The number of pyridine rings is 1. The molecule has 5 heteroatoms. The lowest BCUT2D eigenvalue weighted by molar-refractivity contribution is 0.0683. The minimum atomic E-state index is -0.630. The van der Waals surface area contributed by atoms with Crippen LogP contribution in [0.2, 0.25) is 0 Å². The second-order valence-electron chi connectivity index (χ2n) is 2.95. The summed E-state index contributed by atoms with van der Waals surface area (Å²) in [6.07, 6.45) is 9.69. The fourth-order valence-corrected chi connectivity index (χ4v) is 1.02. The second kappa shape index (κ2) is 5.37. The van der Waals surface area contributed by atoms with Crippen LogP contribution in [-0.4, -0.2) is 20.9 Å². The maximum absolute atomic E-state index is 11.4. The number of nitrogens with zero attached hydrogens (tertiary/aromatic N) is 3. The molecule has 0 fully saturated rings. The van der Waals surface area contributed by atoms with E-state index >= 15 is 0 Å². The predicted octanol–water partition coefficient (Wildman–Crippen LogP) is 1.04. The van der Waals surface area contributed by atoms with Gasteiger partial charge in [-0.1, -0.05) is 0 Å². The van der Waals surface area contributed by atoms with E-state index < -0.39 is 5.97 Å². The van der Waals surface area contributed by atoms with Gasteiger partial charge in [-0.15, -0.1) is 0 Å². The minimum absolute atomic E-state index is 0.119. The van der Waals surface area contributed by atoms with Crippen LogP contribution < -0.4 is 0 Å². The Morgan fingerprint density at radius 2 is 2.06 bits per heavy atom. The van der Waals surface area contributed by atoms with Gasteiger partial charge in [-0.2, -0.15) is 0 Å². The van der Waals surface area contributed by atoms with E-state index in [1.807, 2.05) is 0 Å². The third-order valence-electron chi connectivity index (χ3n) is 1.77. The molecule has 82 valence electrons. The Labute approximate surface area is 97.5 Å². The van der Waals surface area contributed by atoms with Gasteiger partial charge in [0.05, 0.1) is 6.20 Å². The van der Waals surface area contributed by atoms with Crippen LogP contribution in [0, 0.1) is 12.0 Å². The molecular weight excluding hydrogens is 218 g/mol. The number of carbonyl (C=O) groups excluding carboxylic acids is 1. The van der Waals surface area contributed by atoms with Crippen molar-refractivity contribution in [3.8, 4) is 12.0 Å². The molecule has 0 aromatic carbocycles. The Balaban J connectivity index is 2.00. The van der Waals surface area contributed by atoms with E-state index in [0.717, 1.165) is 0 Å². The van der Waals surface area contributed by atoms with Crippen molar-refractivity contribution in [1.82, 2.24) is 15.0 Å². The number of aromatic nitrogens is 3. The summed E-state index contributed by atoms with van der Waals surface area (Å²) in [5.41, 5.74) is 0.785. The van der Waals surface area contributed by atoms with Crippen LogP contribution in [0.4, 0.5) is 0 Å². The smallest absolute Gasteiger partial charge is 0.367 e. The molecule has 2 rings (SSSR count). The van der Waals surface area contributed by atoms with Crippen LogP contribution >= 0.6 is 0 Å². The molecule has 0 aliphatic carbocycles. The highest BCUT2D eigenvalue weighted by molar-refractivity contribution is 5.87. The normalized spacial score (nSPS) is 8.94. The lowest BCUT2D eigenvalue weighted by atomic mass is 10.3. The van der Waals surface area contributed by atoms with Crippen molar-refractivity contribution in [3.63, 3.8) is 0 Å². The van der Waals surface area contributed by atoms with E-state index in [9.17, 15) is 4.79 Å².